The van der Waals surface area contributed by atoms with Crippen molar-refractivity contribution in [3.05, 3.63) is 6.20 Å². The van der Waals surface area contributed by atoms with Crippen LogP contribution in [0, 0.1) is 5.92 Å². The molecule has 1 aliphatic heterocycles. The van der Waals surface area contributed by atoms with Gasteiger partial charge in [-0.1, -0.05) is 6.42 Å². The van der Waals surface area contributed by atoms with Gasteiger partial charge >= 0.3 is 0 Å². The maximum Gasteiger partial charge on any atom is 0.227 e. The van der Waals surface area contributed by atoms with E-state index in [1.54, 1.807) is 6.20 Å². The second kappa shape index (κ2) is 5.87. The fourth-order valence-electron chi connectivity index (χ4n) is 2.77. The number of anilines is 3. The standard InChI is InChI=1S/C15H23N5O/c1-19(2)13-12(17-14(21)11-6-5-7-11)10-16-15(18-13)20-8-3-4-9-20/h10-11H,3-9H2,1-2H3,(H,17,21). The number of nitrogens with one attached hydrogen (secondary N) is 1. The lowest BCUT2D eigenvalue weighted by Gasteiger charge is -2.25. The molecule has 1 saturated carbocycles. The molecule has 1 amide bonds. The van der Waals surface area contributed by atoms with Crippen LogP contribution < -0.4 is 15.1 Å². The largest absolute Gasteiger partial charge is 0.361 e. The quantitative estimate of drug-likeness (QED) is 0.917. The highest BCUT2D eigenvalue weighted by Crippen LogP contribution is 2.30. The van der Waals surface area contributed by atoms with Crippen LogP contribution in [0.4, 0.5) is 17.5 Å². The highest BCUT2D eigenvalue weighted by Gasteiger charge is 2.26. The van der Waals surface area contributed by atoms with E-state index in [0.717, 1.165) is 44.1 Å². The molecular formula is C15H23N5O. The van der Waals surface area contributed by atoms with Gasteiger partial charge in [0.15, 0.2) is 5.82 Å². The Morgan fingerprint density at radius 1 is 1.29 bits per heavy atom. The summed E-state index contributed by atoms with van der Waals surface area (Å²) in [7, 11) is 3.88. The monoisotopic (exact) mass is 289 g/mol. The molecule has 0 radical (unpaired) electrons. The first-order valence-electron chi connectivity index (χ1n) is 7.75. The van der Waals surface area contributed by atoms with Gasteiger partial charge in [-0.2, -0.15) is 4.98 Å². The third-order valence-electron chi connectivity index (χ3n) is 4.30. The summed E-state index contributed by atoms with van der Waals surface area (Å²) < 4.78 is 0. The molecule has 1 aromatic rings. The zero-order valence-corrected chi connectivity index (χ0v) is 12.8. The number of carbonyl (C=O) groups excluding carboxylic acids is 1. The Morgan fingerprint density at radius 3 is 2.57 bits per heavy atom. The van der Waals surface area contributed by atoms with Gasteiger partial charge in [0.2, 0.25) is 11.9 Å². The number of carbonyl (C=O) groups is 1. The Kier molecular flexibility index (Phi) is 3.94. The fraction of sp³-hybridized carbons (Fsp3) is 0.667. The van der Waals surface area contributed by atoms with Gasteiger partial charge in [-0.25, -0.2) is 4.98 Å². The summed E-state index contributed by atoms with van der Waals surface area (Å²) in [4.78, 5) is 25.3. The van der Waals surface area contributed by atoms with Crippen LogP contribution in [-0.2, 0) is 4.79 Å². The van der Waals surface area contributed by atoms with Gasteiger partial charge < -0.3 is 15.1 Å². The van der Waals surface area contributed by atoms with Gasteiger partial charge in [-0.05, 0) is 25.7 Å². The third-order valence-corrected chi connectivity index (χ3v) is 4.30. The highest BCUT2D eigenvalue weighted by molar-refractivity contribution is 5.95. The molecule has 0 aromatic carbocycles. The van der Waals surface area contributed by atoms with E-state index in [1.165, 1.54) is 12.8 Å². The van der Waals surface area contributed by atoms with E-state index in [-0.39, 0.29) is 11.8 Å². The van der Waals surface area contributed by atoms with Crippen LogP contribution in [0.2, 0.25) is 0 Å². The van der Waals surface area contributed by atoms with Gasteiger partial charge in [0.1, 0.15) is 5.69 Å². The Morgan fingerprint density at radius 2 is 2.00 bits per heavy atom. The Bertz CT molecular complexity index is 521. The SMILES string of the molecule is CN(C)c1nc(N2CCCC2)ncc1NC(=O)C1CCC1. The molecule has 1 aromatic heterocycles. The lowest BCUT2D eigenvalue weighted by atomic mass is 9.85. The molecule has 1 N–H and O–H groups in total. The number of amides is 1. The Hall–Kier alpha value is -1.85. The molecule has 6 nitrogen and oxygen atoms in total. The zero-order valence-electron chi connectivity index (χ0n) is 12.8. The molecule has 1 saturated heterocycles. The fourth-order valence-corrected chi connectivity index (χ4v) is 2.77. The van der Waals surface area contributed by atoms with Crippen LogP contribution in [0.5, 0.6) is 0 Å². The summed E-state index contributed by atoms with van der Waals surface area (Å²) in [6.07, 6.45) is 7.28. The van der Waals surface area contributed by atoms with E-state index in [9.17, 15) is 4.79 Å². The first-order chi connectivity index (χ1) is 10.1. The normalized spacial score (nSPS) is 18.5. The van der Waals surface area contributed by atoms with Crippen LogP contribution >= 0.6 is 0 Å². The van der Waals surface area contributed by atoms with E-state index < -0.39 is 0 Å². The van der Waals surface area contributed by atoms with Gasteiger partial charge in [0.05, 0.1) is 6.20 Å². The molecule has 0 bridgehead atoms. The zero-order chi connectivity index (χ0) is 14.8. The molecular weight excluding hydrogens is 266 g/mol. The van der Waals surface area contributed by atoms with Crippen LogP contribution in [0.15, 0.2) is 6.20 Å². The maximum atomic E-state index is 12.1. The highest BCUT2D eigenvalue weighted by atomic mass is 16.1. The van der Waals surface area contributed by atoms with Crippen molar-refractivity contribution >= 4 is 23.4 Å². The van der Waals surface area contributed by atoms with Crippen LogP contribution in [-0.4, -0.2) is 43.1 Å². The first kappa shape index (κ1) is 14.1. The van der Waals surface area contributed by atoms with E-state index in [0.29, 0.717) is 5.69 Å². The molecule has 2 aliphatic rings. The average Bonchev–Trinajstić information content (AvgIpc) is 2.90. The maximum absolute atomic E-state index is 12.1. The number of rotatable bonds is 4. The van der Waals surface area contributed by atoms with Crippen molar-refractivity contribution in [1.82, 2.24) is 9.97 Å². The van der Waals surface area contributed by atoms with E-state index in [2.05, 4.69) is 20.2 Å². The van der Waals surface area contributed by atoms with E-state index in [4.69, 9.17) is 0 Å². The predicted molar refractivity (Wildman–Crippen MR) is 83.8 cm³/mol. The minimum Gasteiger partial charge on any atom is -0.361 e. The van der Waals surface area contributed by atoms with Crippen molar-refractivity contribution in [1.29, 1.82) is 0 Å². The van der Waals surface area contributed by atoms with Gasteiger partial charge in [0, 0.05) is 33.1 Å². The molecule has 3 rings (SSSR count). The molecule has 114 valence electrons. The van der Waals surface area contributed by atoms with Crippen molar-refractivity contribution < 1.29 is 4.79 Å². The van der Waals surface area contributed by atoms with Crippen molar-refractivity contribution in [2.45, 2.75) is 32.1 Å². The molecule has 0 atom stereocenters. The van der Waals surface area contributed by atoms with E-state index in [1.807, 2.05) is 19.0 Å². The van der Waals surface area contributed by atoms with Crippen molar-refractivity contribution in [3.63, 3.8) is 0 Å². The molecule has 2 heterocycles. The second-order valence-corrected chi connectivity index (χ2v) is 6.11. The van der Waals surface area contributed by atoms with Crippen molar-refractivity contribution in [2.24, 2.45) is 5.92 Å². The molecule has 1 aliphatic carbocycles. The summed E-state index contributed by atoms with van der Waals surface area (Å²) in [6, 6.07) is 0. The first-order valence-corrected chi connectivity index (χ1v) is 7.75. The number of aromatic nitrogens is 2. The topological polar surface area (TPSA) is 61.4 Å². The molecule has 0 unspecified atom stereocenters. The lowest BCUT2D eigenvalue weighted by Crippen LogP contribution is -2.29. The van der Waals surface area contributed by atoms with Crippen molar-refractivity contribution in [2.75, 3.05) is 42.3 Å². The minimum atomic E-state index is 0.0990. The van der Waals surface area contributed by atoms with Gasteiger partial charge in [0.25, 0.3) is 0 Å². The minimum absolute atomic E-state index is 0.0990. The average molecular weight is 289 g/mol. The Labute approximate surface area is 125 Å². The summed E-state index contributed by atoms with van der Waals surface area (Å²) >= 11 is 0. The van der Waals surface area contributed by atoms with Crippen LogP contribution in [0.25, 0.3) is 0 Å². The summed E-state index contributed by atoms with van der Waals surface area (Å²) in [5, 5.41) is 2.99. The summed E-state index contributed by atoms with van der Waals surface area (Å²) in [5.74, 6) is 1.80. The molecule has 6 heteroatoms. The number of hydrogen-bond donors (Lipinski definition) is 1. The van der Waals surface area contributed by atoms with Crippen LogP contribution in [0.3, 0.4) is 0 Å². The summed E-state index contributed by atoms with van der Waals surface area (Å²) in [5.41, 5.74) is 0.708. The van der Waals surface area contributed by atoms with Gasteiger partial charge in [-0.15, -0.1) is 0 Å². The predicted octanol–water partition coefficient (Wildman–Crippen LogP) is 1.88. The molecule has 2 fully saturated rings. The van der Waals surface area contributed by atoms with Gasteiger partial charge in [-0.3, -0.25) is 4.79 Å². The summed E-state index contributed by atoms with van der Waals surface area (Å²) in [6.45, 7) is 2.03. The second-order valence-electron chi connectivity index (χ2n) is 6.11. The van der Waals surface area contributed by atoms with Crippen LogP contribution in [0.1, 0.15) is 32.1 Å². The Balaban J connectivity index is 1.80. The molecule has 0 spiro atoms. The number of nitrogens with zero attached hydrogens (tertiary/aromatic N) is 4. The van der Waals surface area contributed by atoms with Crippen molar-refractivity contribution in [3.8, 4) is 0 Å². The number of hydrogen-bond acceptors (Lipinski definition) is 5. The van der Waals surface area contributed by atoms with E-state index >= 15 is 0 Å². The molecule has 21 heavy (non-hydrogen) atoms. The third kappa shape index (κ3) is 2.94. The smallest absolute Gasteiger partial charge is 0.227 e. The lowest BCUT2D eigenvalue weighted by molar-refractivity contribution is -0.122.